The summed E-state index contributed by atoms with van der Waals surface area (Å²) < 4.78 is 26.6. The molecule has 0 aromatic heterocycles. The Balaban J connectivity index is 1.82. The standard InChI is InChI=1S/C15H22O3S/c1-19(16,17)18-12-6-11-15(9-5-10-15)13-14-7-3-2-4-8-14/h2-4,7-8H,5-6,9-13H2,1H3. The summed E-state index contributed by atoms with van der Waals surface area (Å²) in [6.07, 6.45) is 7.88. The third kappa shape index (κ3) is 4.62. The Morgan fingerprint density at radius 2 is 1.89 bits per heavy atom. The van der Waals surface area contributed by atoms with E-state index in [2.05, 4.69) is 24.3 Å². The van der Waals surface area contributed by atoms with Crippen LogP contribution in [0.2, 0.25) is 0 Å². The minimum Gasteiger partial charge on any atom is -0.270 e. The molecule has 1 aliphatic rings. The number of rotatable bonds is 7. The lowest BCUT2D eigenvalue weighted by Gasteiger charge is -2.42. The van der Waals surface area contributed by atoms with Gasteiger partial charge in [0.25, 0.3) is 10.1 Å². The third-order valence-corrected chi connectivity index (χ3v) is 4.58. The average molecular weight is 282 g/mol. The predicted molar refractivity (Wildman–Crippen MR) is 76.5 cm³/mol. The van der Waals surface area contributed by atoms with Crippen molar-refractivity contribution >= 4 is 10.1 Å². The second kappa shape index (κ2) is 6.06. The summed E-state index contributed by atoms with van der Waals surface area (Å²) in [6.45, 7) is 0.315. The van der Waals surface area contributed by atoms with Gasteiger partial charge in [-0.05, 0) is 43.1 Å². The van der Waals surface area contributed by atoms with Gasteiger partial charge in [-0.2, -0.15) is 8.42 Å². The first-order chi connectivity index (χ1) is 8.99. The molecule has 0 bridgehead atoms. The van der Waals surface area contributed by atoms with E-state index in [1.807, 2.05) is 6.07 Å². The van der Waals surface area contributed by atoms with E-state index in [0.717, 1.165) is 25.5 Å². The van der Waals surface area contributed by atoms with E-state index in [1.165, 1.54) is 24.8 Å². The second-order valence-electron chi connectivity index (χ2n) is 5.65. The summed E-state index contributed by atoms with van der Waals surface area (Å²) in [5, 5.41) is 0. The maximum Gasteiger partial charge on any atom is 0.264 e. The molecule has 1 fully saturated rings. The van der Waals surface area contributed by atoms with Crippen molar-refractivity contribution in [3.63, 3.8) is 0 Å². The number of benzene rings is 1. The molecule has 0 amide bonds. The fraction of sp³-hybridized carbons (Fsp3) is 0.600. The van der Waals surface area contributed by atoms with E-state index in [4.69, 9.17) is 4.18 Å². The average Bonchev–Trinajstić information content (AvgIpc) is 2.31. The number of hydrogen-bond acceptors (Lipinski definition) is 3. The monoisotopic (exact) mass is 282 g/mol. The summed E-state index contributed by atoms with van der Waals surface area (Å²) in [5.74, 6) is 0. The SMILES string of the molecule is CS(=O)(=O)OCCCC1(Cc2ccccc2)CCC1. The first kappa shape index (κ1) is 14.5. The smallest absolute Gasteiger partial charge is 0.264 e. The van der Waals surface area contributed by atoms with Crippen LogP contribution in [0.3, 0.4) is 0 Å². The first-order valence-corrected chi connectivity index (χ1v) is 8.69. The molecule has 0 heterocycles. The quantitative estimate of drug-likeness (QED) is 0.570. The molecule has 1 aliphatic carbocycles. The zero-order valence-electron chi connectivity index (χ0n) is 11.5. The Morgan fingerprint density at radius 1 is 1.21 bits per heavy atom. The lowest BCUT2D eigenvalue weighted by atomic mass is 9.63. The van der Waals surface area contributed by atoms with Crippen molar-refractivity contribution in [2.75, 3.05) is 12.9 Å². The molecule has 2 rings (SSSR count). The maximum atomic E-state index is 10.9. The van der Waals surface area contributed by atoms with Gasteiger partial charge in [0.1, 0.15) is 0 Å². The molecule has 1 aromatic rings. The van der Waals surface area contributed by atoms with Crippen LogP contribution in [0.1, 0.15) is 37.7 Å². The molecule has 19 heavy (non-hydrogen) atoms. The van der Waals surface area contributed by atoms with Gasteiger partial charge in [-0.15, -0.1) is 0 Å². The highest BCUT2D eigenvalue weighted by Crippen LogP contribution is 2.47. The van der Waals surface area contributed by atoms with Crippen molar-refractivity contribution in [3.05, 3.63) is 35.9 Å². The van der Waals surface area contributed by atoms with Crippen LogP contribution in [-0.4, -0.2) is 21.3 Å². The molecule has 0 N–H and O–H groups in total. The molecule has 0 unspecified atom stereocenters. The second-order valence-corrected chi connectivity index (χ2v) is 7.29. The zero-order chi connectivity index (χ0) is 13.8. The van der Waals surface area contributed by atoms with E-state index in [1.54, 1.807) is 0 Å². The topological polar surface area (TPSA) is 43.4 Å². The molecule has 1 aromatic carbocycles. The van der Waals surface area contributed by atoms with Crippen molar-refractivity contribution in [2.24, 2.45) is 5.41 Å². The van der Waals surface area contributed by atoms with Crippen LogP contribution in [0.5, 0.6) is 0 Å². The van der Waals surface area contributed by atoms with Gasteiger partial charge in [0.15, 0.2) is 0 Å². The minimum absolute atomic E-state index is 0.315. The third-order valence-electron chi connectivity index (χ3n) is 3.99. The van der Waals surface area contributed by atoms with Crippen LogP contribution in [0.15, 0.2) is 30.3 Å². The van der Waals surface area contributed by atoms with Gasteiger partial charge in [0.05, 0.1) is 12.9 Å². The fourth-order valence-electron chi connectivity index (χ4n) is 2.88. The van der Waals surface area contributed by atoms with Crippen LogP contribution < -0.4 is 0 Å². The molecule has 4 heteroatoms. The molecule has 0 spiro atoms. The number of hydrogen-bond donors (Lipinski definition) is 0. The predicted octanol–water partition coefficient (Wildman–Crippen LogP) is 3.16. The molecule has 0 radical (unpaired) electrons. The van der Waals surface area contributed by atoms with Crippen molar-refractivity contribution in [1.29, 1.82) is 0 Å². The van der Waals surface area contributed by atoms with Crippen LogP contribution in [0.4, 0.5) is 0 Å². The van der Waals surface area contributed by atoms with Crippen molar-refractivity contribution in [3.8, 4) is 0 Å². The summed E-state index contributed by atoms with van der Waals surface area (Å²) in [4.78, 5) is 0. The minimum atomic E-state index is -3.29. The van der Waals surface area contributed by atoms with Gasteiger partial charge in [-0.1, -0.05) is 36.8 Å². The Kier molecular flexibility index (Phi) is 4.63. The highest BCUT2D eigenvalue weighted by Gasteiger charge is 2.36. The van der Waals surface area contributed by atoms with Gasteiger partial charge >= 0.3 is 0 Å². The first-order valence-electron chi connectivity index (χ1n) is 6.88. The van der Waals surface area contributed by atoms with Crippen LogP contribution in [0, 0.1) is 5.41 Å². The molecule has 3 nitrogen and oxygen atoms in total. The van der Waals surface area contributed by atoms with Crippen LogP contribution in [-0.2, 0) is 20.7 Å². The molecule has 106 valence electrons. The van der Waals surface area contributed by atoms with Crippen LogP contribution >= 0.6 is 0 Å². The molecular weight excluding hydrogens is 260 g/mol. The molecule has 0 saturated heterocycles. The van der Waals surface area contributed by atoms with Gasteiger partial charge in [0.2, 0.25) is 0 Å². The summed E-state index contributed by atoms with van der Waals surface area (Å²) in [7, 11) is -3.29. The molecular formula is C15H22O3S. The van der Waals surface area contributed by atoms with Gasteiger partial charge in [-0.3, -0.25) is 4.18 Å². The Bertz CT molecular complexity index is 489. The van der Waals surface area contributed by atoms with E-state index < -0.39 is 10.1 Å². The Labute approximate surface area is 116 Å². The largest absolute Gasteiger partial charge is 0.270 e. The van der Waals surface area contributed by atoms with Gasteiger partial charge in [0, 0.05) is 0 Å². The highest BCUT2D eigenvalue weighted by atomic mass is 32.2. The molecule has 1 saturated carbocycles. The van der Waals surface area contributed by atoms with Crippen LogP contribution in [0.25, 0.3) is 0 Å². The Hall–Kier alpha value is -0.870. The van der Waals surface area contributed by atoms with E-state index in [9.17, 15) is 8.42 Å². The normalized spacial score (nSPS) is 17.9. The summed E-state index contributed by atoms with van der Waals surface area (Å²) in [5.41, 5.74) is 1.76. The van der Waals surface area contributed by atoms with E-state index >= 15 is 0 Å². The van der Waals surface area contributed by atoms with Crippen molar-refractivity contribution < 1.29 is 12.6 Å². The summed E-state index contributed by atoms with van der Waals surface area (Å²) >= 11 is 0. The fourth-order valence-corrected chi connectivity index (χ4v) is 3.30. The molecule has 0 atom stereocenters. The summed E-state index contributed by atoms with van der Waals surface area (Å²) in [6, 6.07) is 10.5. The molecule has 0 aliphatic heterocycles. The lowest BCUT2D eigenvalue weighted by Crippen LogP contribution is -2.32. The van der Waals surface area contributed by atoms with Gasteiger partial charge < -0.3 is 0 Å². The maximum absolute atomic E-state index is 10.9. The van der Waals surface area contributed by atoms with E-state index in [0.29, 0.717) is 12.0 Å². The van der Waals surface area contributed by atoms with E-state index in [-0.39, 0.29) is 0 Å². The lowest BCUT2D eigenvalue weighted by molar-refractivity contribution is 0.108. The van der Waals surface area contributed by atoms with Crippen molar-refractivity contribution in [2.45, 2.75) is 38.5 Å². The Morgan fingerprint density at radius 3 is 2.42 bits per heavy atom. The van der Waals surface area contributed by atoms with Gasteiger partial charge in [-0.25, -0.2) is 0 Å². The highest BCUT2D eigenvalue weighted by molar-refractivity contribution is 7.85. The zero-order valence-corrected chi connectivity index (χ0v) is 12.3. The van der Waals surface area contributed by atoms with Crippen molar-refractivity contribution in [1.82, 2.24) is 0 Å².